The van der Waals surface area contributed by atoms with Crippen molar-refractivity contribution in [2.24, 2.45) is 0 Å². The summed E-state index contributed by atoms with van der Waals surface area (Å²) in [4.78, 5) is 6.72. The third kappa shape index (κ3) is 4.70. The Labute approximate surface area is 271 Å². The highest BCUT2D eigenvalue weighted by atomic mass is 32.1. The number of hydrogen-bond acceptors (Lipinski definition) is 3. The number of thiophene rings is 1. The monoisotopic (exact) mass is 604 g/mol. The Hall–Kier alpha value is -5.77. The van der Waals surface area contributed by atoms with Crippen LogP contribution in [0.15, 0.2) is 170 Å². The van der Waals surface area contributed by atoms with Crippen molar-refractivity contribution >= 4 is 70.1 Å². The fourth-order valence-corrected chi connectivity index (χ4v) is 7.66. The summed E-state index contributed by atoms with van der Waals surface area (Å²) in [5, 5.41) is 7.55. The molecule has 216 valence electrons. The largest absolute Gasteiger partial charge is 0.310 e. The number of nitrogens with zero attached hydrogens (tertiary/aromatic N) is 2. The minimum absolute atomic E-state index is 1.12. The first-order valence-electron chi connectivity index (χ1n) is 15.5. The number of fused-ring (bicyclic) bond motifs is 5. The summed E-state index contributed by atoms with van der Waals surface area (Å²) < 4.78 is 2.46. The van der Waals surface area contributed by atoms with E-state index in [1.54, 1.807) is 11.3 Å². The second-order valence-corrected chi connectivity index (χ2v) is 12.8. The fourth-order valence-electron chi connectivity index (χ4n) is 6.55. The lowest BCUT2D eigenvalue weighted by atomic mass is 10.00. The molecular formula is C43H28N2S. The van der Waals surface area contributed by atoms with Crippen LogP contribution in [0.1, 0.15) is 0 Å². The first-order valence-corrected chi connectivity index (χ1v) is 16.3. The average Bonchev–Trinajstić information content (AvgIpc) is 3.50. The van der Waals surface area contributed by atoms with E-state index >= 15 is 0 Å². The van der Waals surface area contributed by atoms with Crippen LogP contribution in [-0.4, -0.2) is 4.98 Å². The van der Waals surface area contributed by atoms with E-state index < -0.39 is 0 Å². The van der Waals surface area contributed by atoms with Crippen LogP contribution in [-0.2, 0) is 0 Å². The molecule has 2 nitrogen and oxygen atoms in total. The van der Waals surface area contributed by atoms with Gasteiger partial charge in [-0.25, -0.2) is 0 Å². The average molecular weight is 605 g/mol. The molecule has 0 aliphatic rings. The van der Waals surface area contributed by atoms with E-state index in [0.717, 1.165) is 17.1 Å². The van der Waals surface area contributed by atoms with Gasteiger partial charge in [0.2, 0.25) is 0 Å². The van der Waals surface area contributed by atoms with Gasteiger partial charge in [0.1, 0.15) is 0 Å². The van der Waals surface area contributed by atoms with Crippen molar-refractivity contribution in [2.45, 2.75) is 0 Å². The number of pyridine rings is 1. The third-order valence-corrected chi connectivity index (χ3v) is 10.0. The van der Waals surface area contributed by atoms with Crippen molar-refractivity contribution in [3.8, 4) is 22.3 Å². The van der Waals surface area contributed by atoms with Crippen molar-refractivity contribution < 1.29 is 0 Å². The fraction of sp³-hybridized carbons (Fsp3) is 0. The minimum atomic E-state index is 1.12. The molecule has 9 rings (SSSR count). The predicted octanol–water partition coefficient (Wildman–Crippen LogP) is 12.6. The molecule has 3 heteroatoms. The minimum Gasteiger partial charge on any atom is -0.310 e. The zero-order chi connectivity index (χ0) is 30.5. The van der Waals surface area contributed by atoms with Crippen molar-refractivity contribution in [1.82, 2.24) is 4.98 Å². The molecule has 0 saturated carbocycles. The molecule has 2 aromatic heterocycles. The van der Waals surface area contributed by atoms with Crippen molar-refractivity contribution in [3.05, 3.63) is 170 Å². The van der Waals surface area contributed by atoms with Crippen LogP contribution in [0.4, 0.5) is 17.1 Å². The molecule has 7 aromatic carbocycles. The quantitative estimate of drug-likeness (QED) is 0.194. The lowest BCUT2D eigenvalue weighted by molar-refractivity contribution is 1.29. The highest BCUT2D eigenvalue weighted by Crippen LogP contribution is 2.41. The molecule has 0 spiro atoms. The van der Waals surface area contributed by atoms with Gasteiger partial charge in [0.15, 0.2) is 0 Å². The number of rotatable bonds is 5. The molecule has 0 amide bonds. The second kappa shape index (κ2) is 11.0. The molecule has 2 heterocycles. The number of anilines is 3. The zero-order valence-electron chi connectivity index (χ0n) is 25.0. The summed E-state index contributed by atoms with van der Waals surface area (Å²) in [5.74, 6) is 0. The summed E-state index contributed by atoms with van der Waals surface area (Å²) >= 11 is 1.80. The maximum atomic E-state index is 4.36. The van der Waals surface area contributed by atoms with Crippen LogP contribution in [0.2, 0.25) is 0 Å². The maximum absolute atomic E-state index is 4.36. The van der Waals surface area contributed by atoms with Crippen LogP contribution >= 0.6 is 11.3 Å². The number of aromatic nitrogens is 1. The maximum Gasteiger partial charge on any atom is 0.0538 e. The molecular weight excluding hydrogens is 577 g/mol. The van der Waals surface area contributed by atoms with E-state index in [2.05, 4.69) is 168 Å². The first kappa shape index (κ1) is 26.6. The van der Waals surface area contributed by atoms with Gasteiger partial charge in [-0.2, -0.15) is 0 Å². The molecule has 0 atom stereocenters. The van der Waals surface area contributed by atoms with E-state index in [4.69, 9.17) is 0 Å². The summed E-state index contributed by atoms with van der Waals surface area (Å²) in [6, 6.07) is 57.3. The smallest absolute Gasteiger partial charge is 0.0538 e. The Morgan fingerprint density at radius 3 is 1.48 bits per heavy atom. The van der Waals surface area contributed by atoms with E-state index in [9.17, 15) is 0 Å². The van der Waals surface area contributed by atoms with Gasteiger partial charge in [-0.05, 0) is 98.4 Å². The number of benzene rings is 7. The Kier molecular flexibility index (Phi) is 6.36. The molecule has 0 radical (unpaired) electrons. The van der Waals surface area contributed by atoms with Crippen molar-refractivity contribution in [3.63, 3.8) is 0 Å². The molecule has 0 aliphatic carbocycles. The van der Waals surface area contributed by atoms with Gasteiger partial charge in [0.05, 0.1) is 4.70 Å². The van der Waals surface area contributed by atoms with Crippen LogP contribution in [0.25, 0.3) is 64.0 Å². The second-order valence-electron chi connectivity index (χ2n) is 11.7. The molecule has 46 heavy (non-hydrogen) atoms. The standard InChI is InChI=1S/C43H28N2S/c1-3-7-33-25-35(11-9-29(33)5-1)31-13-17-37(18-14-31)45(39-21-22-40-41-23-24-44-28-43(41)46-42(40)27-39)38-19-15-32(16-20-38)36-12-10-30-6-2-4-8-34(30)26-36/h1-28H. The Morgan fingerprint density at radius 1 is 0.391 bits per heavy atom. The summed E-state index contributed by atoms with van der Waals surface area (Å²) in [6.45, 7) is 0. The third-order valence-electron chi connectivity index (χ3n) is 8.93. The van der Waals surface area contributed by atoms with Crippen LogP contribution in [0.5, 0.6) is 0 Å². The lowest BCUT2D eigenvalue weighted by Gasteiger charge is -2.26. The molecule has 0 fully saturated rings. The van der Waals surface area contributed by atoms with E-state index in [1.807, 2.05) is 12.4 Å². The topological polar surface area (TPSA) is 16.1 Å². The normalized spacial score (nSPS) is 11.5. The van der Waals surface area contributed by atoms with Gasteiger partial charge in [-0.15, -0.1) is 11.3 Å². The zero-order valence-corrected chi connectivity index (χ0v) is 25.8. The van der Waals surface area contributed by atoms with Gasteiger partial charge < -0.3 is 4.90 Å². The summed E-state index contributed by atoms with van der Waals surface area (Å²) in [6.07, 6.45) is 3.84. The Morgan fingerprint density at radius 2 is 0.891 bits per heavy atom. The molecule has 0 aliphatic heterocycles. The lowest BCUT2D eigenvalue weighted by Crippen LogP contribution is -2.09. The van der Waals surface area contributed by atoms with Crippen LogP contribution in [0, 0.1) is 0 Å². The van der Waals surface area contributed by atoms with Crippen LogP contribution in [0.3, 0.4) is 0 Å². The molecule has 0 N–H and O–H groups in total. The highest BCUT2D eigenvalue weighted by molar-refractivity contribution is 7.25. The van der Waals surface area contributed by atoms with Gasteiger partial charge in [0, 0.05) is 44.9 Å². The molecule has 0 unspecified atom stereocenters. The van der Waals surface area contributed by atoms with E-state index in [-0.39, 0.29) is 0 Å². The summed E-state index contributed by atoms with van der Waals surface area (Å²) in [7, 11) is 0. The van der Waals surface area contributed by atoms with E-state index in [1.165, 1.54) is 64.0 Å². The van der Waals surface area contributed by atoms with Gasteiger partial charge >= 0.3 is 0 Å². The highest BCUT2D eigenvalue weighted by Gasteiger charge is 2.16. The Balaban J connectivity index is 1.13. The van der Waals surface area contributed by atoms with Gasteiger partial charge in [-0.1, -0.05) is 103 Å². The molecule has 9 aromatic rings. The number of hydrogen-bond donors (Lipinski definition) is 0. The van der Waals surface area contributed by atoms with Crippen LogP contribution < -0.4 is 4.90 Å². The first-order chi connectivity index (χ1) is 22.8. The molecule has 0 saturated heterocycles. The van der Waals surface area contributed by atoms with E-state index in [0.29, 0.717) is 0 Å². The predicted molar refractivity (Wildman–Crippen MR) is 198 cm³/mol. The van der Waals surface area contributed by atoms with Crippen molar-refractivity contribution in [1.29, 1.82) is 0 Å². The molecule has 0 bridgehead atoms. The van der Waals surface area contributed by atoms with Crippen molar-refractivity contribution in [2.75, 3.05) is 4.90 Å². The van der Waals surface area contributed by atoms with Gasteiger partial charge in [0.25, 0.3) is 0 Å². The Bertz CT molecular complexity index is 2410. The summed E-state index contributed by atoms with van der Waals surface area (Å²) in [5.41, 5.74) is 8.20. The SMILES string of the molecule is c1ccc2cc(-c3ccc(N(c4ccc(-c5ccc6ccccc6c5)cc4)c4ccc5c(c4)sc4cnccc45)cc3)ccc2c1. The van der Waals surface area contributed by atoms with Gasteiger partial charge in [-0.3, -0.25) is 4.98 Å².